The summed E-state index contributed by atoms with van der Waals surface area (Å²) in [5.41, 5.74) is 3.54. The van der Waals surface area contributed by atoms with Crippen molar-refractivity contribution in [3.05, 3.63) is 69.2 Å². The smallest absolute Gasteiger partial charge is 0.337 e. The van der Waals surface area contributed by atoms with E-state index in [0.717, 1.165) is 11.1 Å². The van der Waals surface area contributed by atoms with Crippen molar-refractivity contribution >= 4 is 39.6 Å². The Balaban J connectivity index is 2.15. The van der Waals surface area contributed by atoms with E-state index in [1.54, 1.807) is 18.2 Å². The van der Waals surface area contributed by atoms with Crippen LogP contribution in [-0.2, 0) is 4.79 Å². The van der Waals surface area contributed by atoms with Crippen LogP contribution in [0.2, 0.25) is 0 Å². The number of carboxylic acid groups (broad SMARTS) is 1. The van der Waals surface area contributed by atoms with Gasteiger partial charge >= 0.3 is 5.97 Å². The molecular formula is C18H16BrNO3. The van der Waals surface area contributed by atoms with E-state index in [0.29, 0.717) is 4.47 Å². The van der Waals surface area contributed by atoms with Gasteiger partial charge in [0, 0.05) is 10.5 Å². The first-order valence-electron chi connectivity index (χ1n) is 6.96. The molecule has 23 heavy (non-hydrogen) atoms. The van der Waals surface area contributed by atoms with Crippen LogP contribution in [0.1, 0.15) is 27.0 Å². The largest absolute Gasteiger partial charge is 0.478 e. The highest BCUT2D eigenvalue weighted by molar-refractivity contribution is 9.10. The molecule has 2 N–H and O–H groups in total. The van der Waals surface area contributed by atoms with Gasteiger partial charge in [-0.25, -0.2) is 4.79 Å². The average Bonchev–Trinajstić information content (AvgIpc) is 2.50. The first-order chi connectivity index (χ1) is 10.9. The fourth-order valence-electron chi connectivity index (χ4n) is 2.02. The summed E-state index contributed by atoms with van der Waals surface area (Å²) in [4.78, 5) is 23.2. The summed E-state index contributed by atoms with van der Waals surface area (Å²) in [6, 6.07) is 10.6. The number of nitrogens with one attached hydrogen (secondary N) is 1. The minimum Gasteiger partial charge on any atom is -0.478 e. The lowest BCUT2D eigenvalue weighted by molar-refractivity contribution is -0.111. The van der Waals surface area contributed by atoms with Crippen molar-refractivity contribution in [3.8, 4) is 0 Å². The van der Waals surface area contributed by atoms with E-state index in [4.69, 9.17) is 0 Å². The zero-order chi connectivity index (χ0) is 17.0. The predicted octanol–water partition coefficient (Wildman–Crippen LogP) is 4.42. The molecule has 2 aromatic rings. The minimum atomic E-state index is -1.10. The molecule has 2 aromatic carbocycles. The van der Waals surface area contributed by atoms with Gasteiger partial charge in [0.1, 0.15) is 0 Å². The van der Waals surface area contributed by atoms with E-state index in [1.807, 2.05) is 32.0 Å². The highest BCUT2D eigenvalue weighted by Gasteiger charge is 2.11. The quantitative estimate of drug-likeness (QED) is 0.779. The van der Waals surface area contributed by atoms with Crippen LogP contribution in [0.25, 0.3) is 6.08 Å². The predicted molar refractivity (Wildman–Crippen MR) is 94.7 cm³/mol. The molecule has 0 bridgehead atoms. The topological polar surface area (TPSA) is 66.4 Å². The number of hydrogen-bond donors (Lipinski definition) is 2. The zero-order valence-electron chi connectivity index (χ0n) is 12.8. The number of aryl methyl sites for hydroxylation is 2. The Hall–Kier alpha value is -2.40. The first kappa shape index (κ1) is 17.0. The van der Waals surface area contributed by atoms with E-state index in [9.17, 15) is 14.7 Å². The van der Waals surface area contributed by atoms with Gasteiger partial charge in [-0.1, -0.05) is 34.1 Å². The van der Waals surface area contributed by atoms with Gasteiger partial charge < -0.3 is 10.4 Å². The molecule has 2 rings (SSSR count). The lowest BCUT2D eigenvalue weighted by Gasteiger charge is -2.07. The maximum atomic E-state index is 12.0. The summed E-state index contributed by atoms with van der Waals surface area (Å²) in [6.45, 7) is 4.03. The molecule has 0 saturated carbocycles. The van der Waals surface area contributed by atoms with E-state index in [1.165, 1.54) is 17.7 Å². The highest BCUT2D eigenvalue weighted by Crippen LogP contribution is 2.21. The number of hydrogen-bond acceptors (Lipinski definition) is 2. The molecule has 0 aromatic heterocycles. The summed E-state index contributed by atoms with van der Waals surface area (Å²) in [6.07, 6.45) is 3.08. The Kier molecular flexibility index (Phi) is 5.34. The number of aromatic carboxylic acids is 1. The van der Waals surface area contributed by atoms with E-state index >= 15 is 0 Å². The van der Waals surface area contributed by atoms with E-state index in [2.05, 4.69) is 21.2 Å². The third-order valence-electron chi connectivity index (χ3n) is 3.43. The lowest BCUT2D eigenvalue weighted by Crippen LogP contribution is -2.12. The molecular weight excluding hydrogens is 358 g/mol. The summed E-state index contributed by atoms with van der Waals surface area (Å²) >= 11 is 3.21. The SMILES string of the molecule is Cc1ccc(/C=C/C(=O)Nc2ccc(Br)cc2C(=O)O)cc1C. The Morgan fingerprint density at radius 3 is 2.48 bits per heavy atom. The minimum absolute atomic E-state index is 0.0345. The van der Waals surface area contributed by atoms with Gasteiger partial charge in [0.2, 0.25) is 5.91 Å². The Morgan fingerprint density at radius 2 is 1.83 bits per heavy atom. The average molecular weight is 374 g/mol. The van der Waals surface area contributed by atoms with Crippen molar-refractivity contribution in [2.75, 3.05) is 5.32 Å². The third kappa shape index (κ3) is 4.53. The van der Waals surface area contributed by atoms with Crippen LogP contribution in [0.3, 0.4) is 0 Å². The van der Waals surface area contributed by atoms with Crippen molar-refractivity contribution in [2.45, 2.75) is 13.8 Å². The lowest BCUT2D eigenvalue weighted by atomic mass is 10.1. The zero-order valence-corrected chi connectivity index (χ0v) is 14.3. The van der Waals surface area contributed by atoms with Crippen molar-refractivity contribution in [1.29, 1.82) is 0 Å². The van der Waals surface area contributed by atoms with Gasteiger partial charge in [-0.15, -0.1) is 0 Å². The maximum absolute atomic E-state index is 12.0. The molecule has 4 nitrogen and oxygen atoms in total. The number of amides is 1. The van der Waals surface area contributed by atoms with Crippen LogP contribution in [0, 0.1) is 13.8 Å². The second-order valence-electron chi connectivity index (χ2n) is 5.16. The number of halogens is 1. The first-order valence-corrected chi connectivity index (χ1v) is 7.75. The molecule has 0 atom stereocenters. The number of anilines is 1. The Bertz CT molecular complexity index is 797. The number of carbonyl (C=O) groups excluding carboxylic acids is 1. The fourth-order valence-corrected chi connectivity index (χ4v) is 2.38. The molecule has 118 valence electrons. The van der Waals surface area contributed by atoms with Crippen LogP contribution in [0.4, 0.5) is 5.69 Å². The Morgan fingerprint density at radius 1 is 1.09 bits per heavy atom. The molecule has 0 radical (unpaired) electrons. The summed E-state index contributed by atoms with van der Waals surface area (Å²) in [5.74, 6) is -1.48. The second kappa shape index (κ2) is 7.24. The monoisotopic (exact) mass is 373 g/mol. The normalized spacial score (nSPS) is 10.7. The molecule has 0 aliphatic carbocycles. The molecule has 0 heterocycles. The summed E-state index contributed by atoms with van der Waals surface area (Å²) in [7, 11) is 0. The van der Waals surface area contributed by atoms with Gasteiger partial charge in [0.15, 0.2) is 0 Å². The third-order valence-corrected chi connectivity index (χ3v) is 3.92. The second-order valence-corrected chi connectivity index (χ2v) is 6.08. The van der Waals surface area contributed by atoms with Gasteiger partial charge in [0.05, 0.1) is 11.3 Å². The highest BCUT2D eigenvalue weighted by atomic mass is 79.9. The molecule has 0 aliphatic heterocycles. The summed E-state index contributed by atoms with van der Waals surface area (Å²) in [5, 5.41) is 11.8. The van der Waals surface area contributed by atoms with Gasteiger partial charge in [-0.05, 0) is 54.8 Å². The van der Waals surface area contributed by atoms with Crippen LogP contribution in [0.5, 0.6) is 0 Å². The van der Waals surface area contributed by atoms with Crippen molar-refractivity contribution in [3.63, 3.8) is 0 Å². The molecule has 0 unspecified atom stereocenters. The standard InChI is InChI=1S/C18H16BrNO3/c1-11-3-4-13(9-12(11)2)5-8-17(21)20-16-7-6-14(19)10-15(16)18(22)23/h3-10H,1-2H3,(H,20,21)(H,22,23)/b8-5+. The van der Waals surface area contributed by atoms with Crippen LogP contribution < -0.4 is 5.32 Å². The summed E-state index contributed by atoms with van der Waals surface area (Å²) < 4.78 is 0.638. The van der Waals surface area contributed by atoms with E-state index in [-0.39, 0.29) is 17.2 Å². The number of rotatable bonds is 4. The van der Waals surface area contributed by atoms with Crippen LogP contribution >= 0.6 is 15.9 Å². The number of carbonyl (C=O) groups is 2. The molecule has 0 fully saturated rings. The molecule has 1 amide bonds. The van der Waals surface area contributed by atoms with Crippen molar-refractivity contribution < 1.29 is 14.7 Å². The maximum Gasteiger partial charge on any atom is 0.337 e. The van der Waals surface area contributed by atoms with Gasteiger partial charge in [0.25, 0.3) is 0 Å². The van der Waals surface area contributed by atoms with E-state index < -0.39 is 5.97 Å². The number of benzene rings is 2. The molecule has 0 aliphatic rings. The molecule has 5 heteroatoms. The van der Waals surface area contributed by atoms with Crippen LogP contribution in [0.15, 0.2) is 46.9 Å². The van der Waals surface area contributed by atoms with Crippen LogP contribution in [-0.4, -0.2) is 17.0 Å². The van der Waals surface area contributed by atoms with Gasteiger partial charge in [-0.2, -0.15) is 0 Å². The van der Waals surface area contributed by atoms with Gasteiger partial charge in [-0.3, -0.25) is 4.79 Å². The molecule has 0 saturated heterocycles. The Labute approximate surface area is 143 Å². The van der Waals surface area contributed by atoms with Crippen molar-refractivity contribution in [2.24, 2.45) is 0 Å². The molecule has 0 spiro atoms. The number of carboxylic acids is 1. The van der Waals surface area contributed by atoms with Crippen molar-refractivity contribution in [1.82, 2.24) is 0 Å². The fraction of sp³-hybridized carbons (Fsp3) is 0.111.